The van der Waals surface area contributed by atoms with Crippen LogP contribution in [-0.2, 0) is 9.59 Å². The predicted octanol–water partition coefficient (Wildman–Crippen LogP) is 7.34. The molecule has 1 unspecified atom stereocenters. The molecule has 35 heavy (non-hydrogen) atoms. The summed E-state index contributed by atoms with van der Waals surface area (Å²) in [5.74, 6) is -0.348. The Bertz CT molecular complexity index is 1340. The van der Waals surface area contributed by atoms with Crippen molar-refractivity contribution in [3.63, 3.8) is 0 Å². The second-order valence-corrected chi connectivity index (χ2v) is 10.7. The summed E-state index contributed by atoms with van der Waals surface area (Å²) in [7, 11) is 0. The summed E-state index contributed by atoms with van der Waals surface area (Å²) in [4.78, 5) is 30.4. The number of benzene rings is 3. The van der Waals surface area contributed by atoms with Gasteiger partial charge in [0.25, 0.3) is 0 Å². The van der Waals surface area contributed by atoms with Crippen molar-refractivity contribution in [2.45, 2.75) is 17.1 Å². The van der Waals surface area contributed by atoms with E-state index in [9.17, 15) is 9.59 Å². The lowest BCUT2D eigenvalue weighted by Crippen LogP contribution is -2.22. The van der Waals surface area contributed by atoms with Gasteiger partial charge in [0.15, 0.2) is 5.13 Å². The first kappa shape index (κ1) is 24.9. The molecular formula is C27H22BrN3O2S2. The summed E-state index contributed by atoms with van der Waals surface area (Å²) in [5.41, 5.74) is 3.44. The Kier molecular flexibility index (Phi) is 8.52. The maximum absolute atomic E-state index is 12.7. The van der Waals surface area contributed by atoms with E-state index in [-0.39, 0.29) is 17.1 Å². The number of aromatic nitrogens is 1. The van der Waals surface area contributed by atoms with Crippen LogP contribution in [0.25, 0.3) is 17.3 Å². The number of carbonyl (C=O) groups is 2. The fraction of sp³-hybridized carbons (Fsp3) is 0.0741. The van der Waals surface area contributed by atoms with Crippen LogP contribution in [-0.4, -0.2) is 22.0 Å². The van der Waals surface area contributed by atoms with E-state index in [4.69, 9.17) is 0 Å². The average molecular weight is 565 g/mol. The summed E-state index contributed by atoms with van der Waals surface area (Å²) in [6, 6.07) is 25.0. The first-order valence-corrected chi connectivity index (χ1v) is 13.3. The van der Waals surface area contributed by atoms with Crippen molar-refractivity contribution in [2.24, 2.45) is 0 Å². The Labute approximate surface area is 220 Å². The minimum Gasteiger partial charge on any atom is -0.322 e. The third-order valence-corrected chi connectivity index (χ3v) is 7.26. The molecule has 3 aromatic carbocycles. The van der Waals surface area contributed by atoms with E-state index in [1.54, 1.807) is 6.08 Å². The molecule has 0 saturated carbocycles. The number of rotatable bonds is 8. The van der Waals surface area contributed by atoms with Crippen LogP contribution in [0.5, 0.6) is 0 Å². The van der Waals surface area contributed by atoms with Crippen molar-refractivity contribution >= 4 is 67.7 Å². The van der Waals surface area contributed by atoms with Crippen LogP contribution in [0.3, 0.4) is 0 Å². The fourth-order valence-corrected chi connectivity index (χ4v) is 5.03. The monoisotopic (exact) mass is 563 g/mol. The molecule has 5 nitrogen and oxygen atoms in total. The van der Waals surface area contributed by atoms with Crippen molar-refractivity contribution < 1.29 is 9.59 Å². The molecule has 0 aliphatic carbocycles. The highest BCUT2D eigenvalue weighted by molar-refractivity contribution is 9.10. The normalized spacial score (nSPS) is 11.8. The van der Waals surface area contributed by atoms with Gasteiger partial charge in [0.05, 0.1) is 10.9 Å². The Balaban J connectivity index is 1.32. The molecular weight excluding hydrogens is 542 g/mol. The van der Waals surface area contributed by atoms with E-state index in [1.165, 1.54) is 29.2 Å². The maximum Gasteiger partial charge on any atom is 0.248 e. The number of thioether (sulfide) groups is 1. The van der Waals surface area contributed by atoms with Crippen LogP contribution in [0.4, 0.5) is 10.8 Å². The van der Waals surface area contributed by atoms with Gasteiger partial charge in [-0.2, -0.15) is 0 Å². The third-order valence-electron chi connectivity index (χ3n) is 4.88. The van der Waals surface area contributed by atoms with Crippen molar-refractivity contribution in [3.05, 3.63) is 100 Å². The lowest BCUT2D eigenvalue weighted by Gasteiger charge is -2.11. The van der Waals surface area contributed by atoms with Gasteiger partial charge in [0.2, 0.25) is 11.8 Å². The Morgan fingerprint density at radius 1 is 1.00 bits per heavy atom. The summed E-state index contributed by atoms with van der Waals surface area (Å²) >= 11 is 6.24. The zero-order valence-electron chi connectivity index (χ0n) is 18.8. The first-order chi connectivity index (χ1) is 17.0. The molecule has 0 aliphatic rings. The molecule has 1 atom stereocenters. The van der Waals surface area contributed by atoms with Crippen molar-refractivity contribution in [1.82, 2.24) is 4.98 Å². The van der Waals surface area contributed by atoms with Gasteiger partial charge < -0.3 is 10.6 Å². The van der Waals surface area contributed by atoms with Gasteiger partial charge in [-0.25, -0.2) is 4.98 Å². The van der Waals surface area contributed by atoms with Gasteiger partial charge in [-0.15, -0.1) is 23.1 Å². The highest BCUT2D eigenvalue weighted by Gasteiger charge is 2.17. The number of hydrogen-bond acceptors (Lipinski definition) is 5. The lowest BCUT2D eigenvalue weighted by atomic mass is 10.2. The molecule has 0 saturated heterocycles. The standard InChI is InChI=1S/C27H22BrN3O2S2/c1-18(26(33)31-27-30-24(17-34-27)20-11-13-21(28)14-12-20)35-23-9-5-8-22(16-23)29-25(32)15-10-19-6-3-2-4-7-19/h2-18H,1H3,(H,29,32)(H,30,31,33)/b15-10+. The second-order valence-electron chi connectivity index (χ2n) is 7.56. The molecule has 0 aliphatic heterocycles. The van der Waals surface area contributed by atoms with Gasteiger partial charge in [0.1, 0.15) is 0 Å². The zero-order valence-corrected chi connectivity index (χ0v) is 22.0. The number of anilines is 2. The molecule has 2 N–H and O–H groups in total. The summed E-state index contributed by atoms with van der Waals surface area (Å²) in [6.45, 7) is 1.84. The highest BCUT2D eigenvalue weighted by atomic mass is 79.9. The van der Waals surface area contributed by atoms with Gasteiger partial charge in [-0.3, -0.25) is 9.59 Å². The van der Waals surface area contributed by atoms with E-state index < -0.39 is 0 Å². The second kappa shape index (κ2) is 12.0. The Morgan fingerprint density at radius 2 is 1.77 bits per heavy atom. The molecule has 1 heterocycles. The van der Waals surface area contributed by atoms with E-state index in [1.807, 2.05) is 91.2 Å². The van der Waals surface area contributed by atoms with E-state index in [0.29, 0.717) is 10.8 Å². The van der Waals surface area contributed by atoms with Crippen LogP contribution in [0.15, 0.2) is 99.7 Å². The molecule has 0 spiro atoms. The molecule has 0 radical (unpaired) electrons. The fourth-order valence-electron chi connectivity index (χ4n) is 3.12. The third kappa shape index (κ3) is 7.39. The van der Waals surface area contributed by atoms with Crippen LogP contribution >= 0.6 is 39.0 Å². The molecule has 0 bridgehead atoms. The SMILES string of the molecule is CC(Sc1cccc(NC(=O)/C=C/c2ccccc2)c1)C(=O)Nc1nc(-c2ccc(Br)cc2)cs1. The molecule has 176 valence electrons. The molecule has 1 aromatic heterocycles. The number of carbonyl (C=O) groups excluding carboxylic acids is 2. The number of halogens is 1. The minimum atomic E-state index is -0.348. The number of amides is 2. The average Bonchev–Trinajstić information content (AvgIpc) is 3.32. The highest BCUT2D eigenvalue weighted by Crippen LogP contribution is 2.29. The number of thiazole rings is 1. The summed E-state index contributed by atoms with van der Waals surface area (Å²) in [5, 5.41) is 7.91. The molecule has 2 amide bonds. The van der Waals surface area contributed by atoms with Crippen molar-refractivity contribution in [3.8, 4) is 11.3 Å². The summed E-state index contributed by atoms with van der Waals surface area (Å²) in [6.07, 6.45) is 3.27. The van der Waals surface area contributed by atoms with Crippen LogP contribution in [0.1, 0.15) is 12.5 Å². The van der Waals surface area contributed by atoms with Crippen molar-refractivity contribution in [1.29, 1.82) is 0 Å². The van der Waals surface area contributed by atoms with Crippen molar-refractivity contribution in [2.75, 3.05) is 10.6 Å². The van der Waals surface area contributed by atoms with Crippen LogP contribution in [0.2, 0.25) is 0 Å². The molecule has 0 fully saturated rings. The topological polar surface area (TPSA) is 71.1 Å². The van der Waals surface area contributed by atoms with Crippen LogP contribution in [0, 0.1) is 0 Å². The van der Waals surface area contributed by atoms with Gasteiger partial charge in [-0.05, 0) is 48.9 Å². The quantitative estimate of drug-likeness (QED) is 0.174. The van der Waals surface area contributed by atoms with Crippen LogP contribution < -0.4 is 10.6 Å². The maximum atomic E-state index is 12.7. The number of nitrogens with zero attached hydrogens (tertiary/aromatic N) is 1. The molecule has 4 aromatic rings. The van der Waals surface area contributed by atoms with Gasteiger partial charge >= 0.3 is 0 Å². The van der Waals surface area contributed by atoms with E-state index in [0.717, 1.165) is 26.2 Å². The van der Waals surface area contributed by atoms with Gasteiger partial charge in [0, 0.05) is 32.1 Å². The van der Waals surface area contributed by atoms with Gasteiger partial charge in [-0.1, -0.05) is 64.5 Å². The zero-order chi connectivity index (χ0) is 24.6. The Hall–Kier alpha value is -3.20. The molecule has 8 heteroatoms. The summed E-state index contributed by atoms with van der Waals surface area (Å²) < 4.78 is 1.00. The van der Waals surface area contributed by atoms with E-state index >= 15 is 0 Å². The smallest absolute Gasteiger partial charge is 0.248 e. The number of hydrogen-bond donors (Lipinski definition) is 2. The predicted molar refractivity (Wildman–Crippen MR) is 150 cm³/mol. The Morgan fingerprint density at radius 3 is 2.54 bits per heavy atom. The van der Waals surface area contributed by atoms with E-state index in [2.05, 4.69) is 31.5 Å². The largest absolute Gasteiger partial charge is 0.322 e. The lowest BCUT2D eigenvalue weighted by molar-refractivity contribution is -0.115. The molecule has 4 rings (SSSR count). The first-order valence-electron chi connectivity index (χ1n) is 10.8. The minimum absolute atomic E-state index is 0.132. The number of nitrogens with one attached hydrogen (secondary N) is 2.